The summed E-state index contributed by atoms with van der Waals surface area (Å²) >= 11 is 0. The van der Waals surface area contributed by atoms with Gasteiger partial charge in [0.1, 0.15) is 12.0 Å². The third-order valence-electron chi connectivity index (χ3n) is 2.07. The van der Waals surface area contributed by atoms with Crippen molar-refractivity contribution in [3.8, 4) is 0 Å². The predicted molar refractivity (Wildman–Crippen MR) is 47.1 cm³/mol. The number of rotatable bonds is 1. The maximum absolute atomic E-state index is 11.3. The highest BCUT2D eigenvalue weighted by molar-refractivity contribution is 5.23. The summed E-state index contributed by atoms with van der Waals surface area (Å²) in [6.45, 7) is 0.710. The fourth-order valence-electron chi connectivity index (χ4n) is 1.43. The van der Waals surface area contributed by atoms with Gasteiger partial charge in [0.05, 0.1) is 0 Å². The molecule has 5 nitrogen and oxygen atoms in total. The number of hydrogen-bond acceptors (Lipinski definition) is 4. The summed E-state index contributed by atoms with van der Waals surface area (Å²) in [5, 5.41) is 0. The SMILES string of the molecule is Nc1ccn([C@H]2CCCO2)c(=O)n1. The lowest BCUT2D eigenvalue weighted by molar-refractivity contribution is 0.0528. The first kappa shape index (κ1) is 8.25. The van der Waals surface area contributed by atoms with Gasteiger partial charge in [-0.05, 0) is 18.9 Å². The van der Waals surface area contributed by atoms with Gasteiger partial charge in [-0.3, -0.25) is 4.57 Å². The van der Waals surface area contributed by atoms with Gasteiger partial charge < -0.3 is 10.5 Å². The maximum atomic E-state index is 11.3. The van der Waals surface area contributed by atoms with E-state index in [1.807, 2.05) is 0 Å². The molecule has 0 bridgehead atoms. The molecule has 2 heterocycles. The summed E-state index contributed by atoms with van der Waals surface area (Å²) in [6.07, 6.45) is 3.33. The van der Waals surface area contributed by atoms with Crippen molar-refractivity contribution < 1.29 is 4.74 Å². The van der Waals surface area contributed by atoms with Crippen LogP contribution in [-0.4, -0.2) is 16.2 Å². The van der Waals surface area contributed by atoms with Gasteiger partial charge in [-0.2, -0.15) is 4.98 Å². The topological polar surface area (TPSA) is 70.1 Å². The second-order valence-corrected chi connectivity index (χ2v) is 3.01. The summed E-state index contributed by atoms with van der Waals surface area (Å²) in [6, 6.07) is 1.60. The van der Waals surface area contributed by atoms with Gasteiger partial charge in [0, 0.05) is 12.8 Å². The Balaban J connectivity index is 2.34. The number of ether oxygens (including phenoxy) is 1. The molecular formula is C8H11N3O2. The third kappa shape index (κ3) is 1.55. The zero-order chi connectivity index (χ0) is 9.26. The number of aromatic nitrogens is 2. The molecule has 5 heteroatoms. The van der Waals surface area contributed by atoms with E-state index < -0.39 is 0 Å². The number of nitrogens with zero attached hydrogens (tertiary/aromatic N) is 2. The average Bonchev–Trinajstić information content (AvgIpc) is 2.56. The van der Waals surface area contributed by atoms with Crippen LogP contribution in [-0.2, 0) is 4.74 Å². The molecule has 70 valence electrons. The molecule has 13 heavy (non-hydrogen) atoms. The van der Waals surface area contributed by atoms with Crippen LogP contribution in [0.4, 0.5) is 5.82 Å². The van der Waals surface area contributed by atoms with Gasteiger partial charge in [0.2, 0.25) is 0 Å². The van der Waals surface area contributed by atoms with Crippen molar-refractivity contribution in [3.05, 3.63) is 22.7 Å². The van der Waals surface area contributed by atoms with Crippen LogP contribution >= 0.6 is 0 Å². The Labute approximate surface area is 75.1 Å². The molecule has 1 aliphatic heterocycles. The van der Waals surface area contributed by atoms with E-state index in [1.165, 1.54) is 4.57 Å². The molecule has 0 aromatic carbocycles. The van der Waals surface area contributed by atoms with Crippen LogP contribution in [0.25, 0.3) is 0 Å². The summed E-state index contributed by atoms with van der Waals surface area (Å²) in [4.78, 5) is 14.9. The minimum atomic E-state index is -0.341. The molecule has 1 saturated heterocycles. The first-order chi connectivity index (χ1) is 6.27. The quantitative estimate of drug-likeness (QED) is 0.668. The van der Waals surface area contributed by atoms with Crippen molar-refractivity contribution in [1.29, 1.82) is 0 Å². The first-order valence-electron chi connectivity index (χ1n) is 4.23. The Morgan fingerprint density at radius 2 is 2.54 bits per heavy atom. The zero-order valence-corrected chi connectivity index (χ0v) is 7.14. The molecule has 0 radical (unpaired) electrons. The molecule has 1 atom stereocenters. The lowest BCUT2D eigenvalue weighted by atomic mass is 10.3. The number of hydrogen-bond donors (Lipinski definition) is 1. The number of nitrogen functional groups attached to an aromatic ring is 1. The first-order valence-corrected chi connectivity index (χ1v) is 4.23. The molecule has 0 spiro atoms. The normalized spacial score (nSPS) is 22.0. The smallest absolute Gasteiger partial charge is 0.351 e. The van der Waals surface area contributed by atoms with Crippen LogP contribution in [0.3, 0.4) is 0 Å². The van der Waals surface area contributed by atoms with Crippen LogP contribution in [0.1, 0.15) is 19.1 Å². The molecule has 1 aromatic rings. The largest absolute Gasteiger partial charge is 0.383 e. The second kappa shape index (κ2) is 3.18. The van der Waals surface area contributed by atoms with Gasteiger partial charge in [-0.1, -0.05) is 0 Å². The predicted octanol–water partition coefficient (Wildman–Crippen LogP) is 0.135. The summed E-state index contributed by atoms with van der Waals surface area (Å²) in [5.74, 6) is 0.249. The van der Waals surface area contributed by atoms with Crippen LogP contribution in [0.15, 0.2) is 17.1 Å². The van der Waals surface area contributed by atoms with E-state index in [2.05, 4.69) is 4.98 Å². The van der Waals surface area contributed by atoms with Crippen LogP contribution in [0.2, 0.25) is 0 Å². The Kier molecular flexibility index (Phi) is 2.02. The molecule has 2 N–H and O–H groups in total. The summed E-state index contributed by atoms with van der Waals surface area (Å²) < 4.78 is 6.82. The molecule has 0 unspecified atom stereocenters. The van der Waals surface area contributed by atoms with E-state index >= 15 is 0 Å². The third-order valence-corrected chi connectivity index (χ3v) is 2.07. The Hall–Kier alpha value is -1.36. The van der Waals surface area contributed by atoms with E-state index in [9.17, 15) is 4.79 Å². The van der Waals surface area contributed by atoms with E-state index in [0.717, 1.165) is 12.8 Å². The fraction of sp³-hybridized carbons (Fsp3) is 0.500. The molecule has 0 amide bonds. The van der Waals surface area contributed by atoms with Gasteiger partial charge in [-0.25, -0.2) is 4.79 Å². The standard InChI is InChI=1S/C8H11N3O2/c9-6-3-4-11(8(12)10-6)7-2-1-5-13-7/h3-4,7H,1-2,5H2,(H2,9,10,12)/t7-/m1/s1. The monoisotopic (exact) mass is 181 g/mol. The van der Waals surface area contributed by atoms with E-state index in [-0.39, 0.29) is 17.7 Å². The number of nitrogens with two attached hydrogens (primary N) is 1. The highest BCUT2D eigenvalue weighted by atomic mass is 16.5. The van der Waals surface area contributed by atoms with E-state index in [1.54, 1.807) is 12.3 Å². The molecule has 0 aliphatic carbocycles. The molecule has 2 rings (SSSR count). The highest BCUT2D eigenvalue weighted by Gasteiger charge is 2.18. The van der Waals surface area contributed by atoms with Crippen molar-refractivity contribution in [2.45, 2.75) is 19.1 Å². The van der Waals surface area contributed by atoms with Crippen molar-refractivity contribution in [2.24, 2.45) is 0 Å². The zero-order valence-electron chi connectivity index (χ0n) is 7.14. The number of anilines is 1. The minimum absolute atomic E-state index is 0.152. The summed E-state index contributed by atoms with van der Waals surface area (Å²) in [7, 11) is 0. The van der Waals surface area contributed by atoms with Gasteiger partial charge in [0.25, 0.3) is 0 Å². The highest BCUT2D eigenvalue weighted by Crippen LogP contribution is 2.20. The Bertz CT molecular complexity index is 355. The Morgan fingerprint density at radius 3 is 3.15 bits per heavy atom. The van der Waals surface area contributed by atoms with E-state index in [0.29, 0.717) is 6.61 Å². The van der Waals surface area contributed by atoms with Gasteiger partial charge in [-0.15, -0.1) is 0 Å². The van der Waals surface area contributed by atoms with Crippen molar-refractivity contribution in [3.63, 3.8) is 0 Å². The van der Waals surface area contributed by atoms with Crippen molar-refractivity contribution in [2.75, 3.05) is 12.3 Å². The minimum Gasteiger partial charge on any atom is -0.383 e. The molecule has 1 fully saturated rings. The average molecular weight is 181 g/mol. The van der Waals surface area contributed by atoms with Gasteiger partial charge in [0.15, 0.2) is 0 Å². The van der Waals surface area contributed by atoms with Crippen LogP contribution in [0, 0.1) is 0 Å². The molecular weight excluding hydrogens is 170 g/mol. The maximum Gasteiger partial charge on any atom is 0.351 e. The second-order valence-electron chi connectivity index (χ2n) is 3.01. The van der Waals surface area contributed by atoms with Crippen LogP contribution in [0.5, 0.6) is 0 Å². The summed E-state index contributed by atoms with van der Waals surface area (Å²) in [5.41, 5.74) is 5.02. The lowest BCUT2D eigenvalue weighted by Gasteiger charge is -2.11. The van der Waals surface area contributed by atoms with E-state index in [4.69, 9.17) is 10.5 Å². The molecule has 1 aromatic heterocycles. The van der Waals surface area contributed by atoms with Gasteiger partial charge >= 0.3 is 5.69 Å². The lowest BCUT2D eigenvalue weighted by Crippen LogP contribution is -2.26. The fourth-order valence-corrected chi connectivity index (χ4v) is 1.43. The molecule has 0 saturated carbocycles. The van der Waals surface area contributed by atoms with Crippen LogP contribution < -0.4 is 11.4 Å². The molecule has 1 aliphatic rings. The van der Waals surface area contributed by atoms with Crippen molar-refractivity contribution in [1.82, 2.24) is 9.55 Å². The Morgan fingerprint density at radius 1 is 1.69 bits per heavy atom. The van der Waals surface area contributed by atoms with Crippen molar-refractivity contribution >= 4 is 5.82 Å².